The van der Waals surface area contributed by atoms with Gasteiger partial charge in [0.2, 0.25) is 0 Å². The average Bonchev–Trinajstić information content (AvgIpc) is 2.47. The molecule has 110 valence electrons. The summed E-state index contributed by atoms with van der Waals surface area (Å²) >= 11 is 0. The minimum absolute atomic E-state index is 0.0398. The van der Waals surface area contributed by atoms with Crippen molar-refractivity contribution in [2.24, 2.45) is 0 Å². The average molecular weight is 283 g/mol. The van der Waals surface area contributed by atoms with Gasteiger partial charge in [-0.2, -0.15) is 0 Å². The summed E-state index contributed by atoms with van der Waals surface area (Å²) < 4.78 is 0. The van der Waals surface area contributed by atoms with Gasteiger partial charge < -0.3 is 10.2 Å². The first-order valence-corrected chi connectivity index (χ1v) is 7.26. The van der Waals surface area contributed by atoms with Gasteiger partial charge in [-0.25, -0.2) is 0 Å². The third-order valence-electron chi connectivity index (χ3n) is 3.54. The van der Waals surface area contributed by atoms with E-state index in [0.717, 1.165) is 13.1 Å². The topological polar surface area (TPSA) is 33.5 Å². The molecule has 3 heteroatoms. The van der Waals surface area contributed by atoms with Crippen LogP contribution in [-0.4, -0.2) is 20.0 Å². The van der Waals surface area contributed by atoms with E-state index in [9.17, 15) is 4.79 Å². The number of carbonyl (C=O) groups is 1. The molecule has 0 bridgehead atoms. The molecule has 0 radical (unpaired) electrons. The van der Waals surface area contributed by atoms with Gasteiger partial charge in [0.15, 0.2) is 0 Å². The molecule has 2 N–H and O–H groups in total. The van der Waals surface area contributed by atoms with Gasteiger partial charge in [-0.3, -0.25) is 4.79 Å². The van der Waals surface area contributed by atoms with Crippen molar-refractivity contribution < 1.29 is 9.69 Å². The lowest BCUT2D eigenvalue weighted by molar-refractivity contribution is -0.907. The molecular formula is C18H23N2O+. The van der Waals surface area contributed by atoms with Crippen molar-refractivity contribution in [3.05, 3.63) is 70.8 Å². The van der Waals surface area contributed by atoms with Crippen LogP contribution in [0.4, 0.5) is 0 Å². The first-order valence-electron chi connectivity index (χ1n) is 7.26. The molecule has 0 fully saturated rings. The van der Waals surface area contributed by atoms with Crippen molar-refractivity contribution in [2.45, 2.75) is 20.0 Å². The van der Waals surface area contributed by atoms with E-state index in [1.165, 1.54) is 21.6 Å². The molecule has 2 aromatic rings. The van der Waals surface area contributed by atoms with Crippen LogP contribution >= 0.6 is 0 Å². The Labute approximate surface area is 126 Å². The first kappa shape index (κ1) is 15.3. The highest BCUT2D eigenvalue weighted by molar-refractivity contribution is 5.93. The summed E-state index contributed by atoms with van der Waals surface area (Å²) in [4.78, 5) is 12.9. The summed E-state index contributed by atoms with van der Waals surface area (Å²) in [6.07, 6.45) is 0. The van der Waals surface area contributed by atoms with Gasteiger partial charge in [0, 0.05) is 23.7 Å². The maximum absolute atomic E-state index is 11.5. The Balaban J connectivity index is 1.96. The molecule has 0 saturated heterocycles. The van der Waals surface area contributed by atoms with Gasteiger partial charge >= 0.3 is 0 Å². The van der Waals surface area contributed by atoms with E-state index in [4.69, 9.17) is 0 Å². The van der Waals surface area contributed by atoms with Crippen molar-refractivity contribution in [3.63, 3.8) is 0 Å². The fourth-order valence-corrected chi connectivity index (χ4v) is 2.50. The Kier molecular flexibility index (Phi) is 5.12. The van der Waals surface area contributed by atoms with E-state index in [-0.39, 0.29) is 5.91 Å². The lowest BCUT2D eigenvalue weighted by Gasteiger charge is -2.14. The van der Waals surface area contributed by atoms with E-state index in [0.29, 0.717) is 5.56 Å². The Bertz CT molecular complexity index is 605. The molecule has 2 rings (SSSR count). The number of hydrogen-bond acceptors (Lipinski definition) is 1. The molecule has 0 heterocycles. The highest BCUT2D eigenvalue weighted by Gasteiger charge is 2.07. The first-order chi connectivity index (χ1) is 10.1. The number of amides is 1. The molecular weight excluding hydrogens is 260 g/mol. The molecule has 21 heavy (non-hydrogen) atoms. The molecule has 1 unspecified atom stereocenters. The van der Waals surface area contributed by atoms with Crippen molar-refractivity contribution in [2.75, 3.05) is 14.1 Å². The van der Waals surface area contributed by atoms with Crippen LogP contribution in [0.5, 0.6) is 0 Å². The van der Waals surface area contributed by atoms with Crippen LogP contribution in [-0.2, 0) is 13.1 Å². The fourth-order valence-electron chi connectivity index (χ4n) is 2.50. The highest BCUT2D eigenvalue weighted by Crippen LogP contribution is 2.04. The minimum Gasteiger partial charge on any atom is -0.355 e. The molecule has 1 atom stereocenters. The Morgan fingerprint density at radius 3 is 2.33 bits per heavy atom. The van der Waals surface area contributed by atoms with Crippen LogP contribution in [0.25, 0.3) is 0 Å². The zero-order valence-corrected chi connectivity index (χ0v) is 12.9. The normalized spacial score (nSPS) is 12.0. The van der Waals surface area contributed by atoms with Gasteiger partial charge in [-0.05, 0) is 19.1 Å². The predicted molar refractivity (Wildman–Crippen MR) is 85.3 cm³/mol. The second-order valence-electron chi connectivity index (χ2n) is 5.58. The highest BCUT2D eigenvalue weighted by atomic mass is 16.1. The molecule has 2 aromatic carbocycles. The SMILES string of the molecule is CNC(=O)c1ccc(C[NH+](C)Cc2cccc(C)c2)cc1. The number of quaternary nitrogens is 1. The van der Waals surface area contributed by atoms with Crippen LogP contribution in [0.2, 0.25) is 0 Å². The monoisotopic (exact) mass is 283 g/mol. The van der Waals surface area contributed by atoms with Gasteiger partial charge in [0.05, 0.1) is 7.05 Å². The summed E-state index contributed by atoms with van der Waals surface area (Å²) in [7, 11) is 3.84. The zero-order chi connectivity index (χ0) is 15.2. The van der Waals surface area contributed by atoms with E-state index >= 15 is 0 Å². The summed E-state index contributed by atoms with van der Waals surface area (Å²) in [5.74, 6) is -0.0398. The Morgan fingerprint density at radius 2 is 1.71 bits per heavy atom. The zero-order valence-electron chi connectivity index (χ0n) is 12.9. The molecule has 3 nitrogen and oxygen atoms in total. The number of benzene rings is 2. The number of nitrogens with one attached hydrogen (secondary N) is 2. The second-order valence-corrected chi connectivity index (χ2v) is 5.58. The summed E-state index contributed by atoms with van der Waals surface area (Å²) in [5, 5.41) is 2.64. The van der Waals surface area contributed by atoms with E-state index < -0.39 is 0 Å². The molecule has 0 spiro atoms. The van der Waals surface area contributed by atoms with Gasteiger partial charge in [0.1, 0.15) is 13.1 Å². The van der Waals surface area contributed by atoms with Crippen LogP contribution < -0.4 is 10.2 Å². The van der Waals surface area contributed by atoms with Crippen molar-refractivity contribution in [1.82, 2.24) is 5.32 Å². The molecule has 0 aliphatic heterocycles. The van der Waals surface area contributed by atoms with Gasteiger partial charge in [0.25, 0.3) is 5.91 Å². The van der Waals surface area contributed by atoms with Crippen molar-refractivity contribution in [3.8, 4) is 0 Å². The van der Waals surface area contributed by atoms with E-state index in [1.807, 2.05) is 24.3 Å². The van der Waals surface area contributed by atoms with Crippen molar-refractivity contribution >= 4 is 5.91 Å². The lowest BCUT2D eigenvalue weighted by Crippen LogP contribution is -3.06. The second kappa shape index (κ2) is 7.04. The van der Waals surface area contributed by atoms with Crippen molar-refractivity contribution in [1.29, 1.82) is 0 Å². The summed E-state index contributed by atoms with van der Waals surface area (Å²) in [6.45, 7) is 4.07. The predicted octanol–water partition coefficient (Wildman–Crippen LogP) is 1.57. The molecule has 0 aliphatic rings. The quantitative estimate of drug-likeness (QED) is 0.858. The van der Waals surface area contributed by atoms with Crippen LogP contribution in [0.1, 0.15) is 27.0 Å². The lowest BCUT2D eigenvalue weighted by atomic mass is 10.1. The third kappa shape index (κ3) is 4.43. The third-order valence-corrected chi connectivity index (χ3v) is 3.54. The number of carbonyl (C=O) groups excluding carboxylic acids is 1. The minimum atomic E-state index is -0.0398. The van der Waals surface area contributed by atoms with Gasteiger partial charge in [-0.15, -0.1) is 0 Å². The standard InChI is InChI=1S/C18H22N2O/c1-14-5-4-6-16(11-14)13-20(3)12-15-7-9-17(10-8-15)18(21)19-2/h4-11H,12-13H2,1-3H3,(H,19,21)/p+1. The molecule has 1 amide bonds. The maximum atomic E-state index is 11.5. The van der Waals surface area contributed by atoms with Crippen LogP contribution in [0, 0.1) is 6.92 Å². The Morgan fingerprint density at radius 1 is 1.05 bits per heavy atom. The van der Waals surface area contributed by atoms with Crippen LogP contribution in [0.3, 0.4) is 0 Å². The Hall–Kier alpha value is -2.13. The fraction of sp³-hybridized carbons (Fsp3) is 0.278. The van der Waals surface area contributed by atoms with E-state index in [2.05, 4.69) is 43.6 Å². The maximum Gasteiger partial charge on any atom is 0.251 e. The largest absolute Gasteiger partial charge is 0.355 e. The number of hydrogen-bond donors (Lipinski definition) is 2. The van der Waals surface area contributed by atoms with E-state index in [1.54, 1.807) is 7.05 Å². The number of rotatable bonds is 5. The molecule has 0 saturated carbocycles. The molecule has 0 aliphatic carbocycles. The smallest absolute Gasteiger partial charge is 0.251 e. The summed E-state index contributed by atoms with van der Waals surface area (Å²) in [5.41, 5.74) is 4.61. The summed E-state index contributed by atoms with van der Waals surface area (Å²) in [6, 6.07) is 16.5. The van der Waals surface area contributed by atoms with Gasteiger partial charge in [-0.1, -0.05) is 42.0 Å². The van der Waals surface area contributed by atoms with Crippen LogP contribution in [0.15, 0.2) is 48.5 Å². The molecule has 0 aromatic heterocycles. The number of aryl methyl sites for hydroxylation is 1.